The third kappa shape index (κ3) is 8.68. The number of anilines is 1. The second-order valence-corrected chi connectivity index (χ2v) is 12.6. The van der Waals surface area contributed by atoms with Gasteiger partial charge in [0, 0.05) is 28.5 Å². The number of amides is 2. The van der Waals surface area contributed by atoms with Gasteiger partial charge in [-0.05, 0) is 47.9 Å². The molecule has 0 spiro atoms. The zero-order valence-electron chi connectivity index (χ0n) is 21.3. The monoisotopic (exact) mass is 663 g/mol. The largest absolute Gasteiger partial charge is 0.354 e. The maximum absolute atomic E-state index is 14.0. The first-order chi connectivity index (χ1) is 18.1. The molecule has 0 heterocycles. The molecule has 0 unspecified atom stereocenters. The zero-order chi connectivity index (χ0) is 27.7. The first kappa shape index (κ1) is 29.9. The number of benzene rings is 3. The van der Waals surface area contributed by atoms with E-state index < -0.39 is 28.5 Å². The van der Waals surface area contributed by atoms with Gasteiger partial charge in [0.15, 0.2) is 0 Å². The Labute approximate surface area is 241 Å². The lowest BCUT2D eigenvalue weighted by Gasteiger charge is -2.33. The quantitative estimate of drug-likeness (QED) is 0.291. The fourth-order valence-electron chi connectivity index (χ4n) is 4.00. The Hall–Kier alpha value is -2.69. The minimum atomic E-state index is -3.80. The van der Waals surface area contributed by atoms with Crippen molar-refractivity contribution in [3.8, 4) is 0 Å². The lowest BCUT2D eigenvalue weighted by molar-refractivity contribution is -0.140. The van der Waals surface area contributed by atoms with E-state index in [0.717, 1.165) is 32.6 Å². The van der Waals surface area contributed by atoms with Crippen molar-refractivity contribution in [2.24, 2.45) is 0 Å². The molecule has 0 aromatic heterocycles. The number of nitrogens with zero attached hydrogens (tertiary/aromatic N) is 2. The lowest BCUT2D eigenvalue weighted by Crippen LogP contribution is -2.53. The molecule has 3 rings (SSSR count). The zero-order valence-corrected chi connectivity index (χ0v) is 25.3. The van der Waals surface area contributed by atoms with Crippen molar-refractivity contribution in [2.45, 2.75) is 32.4 Å². The first-order valence-electron chi connectivity index (χ1n) is 12.2. The number of rotatable bonds is 12. The molecule has 0 bridgehead atoms. The molecule has 10 heteroatoms. The molecule has 0 saturated heterocycles. The number of halogens is 2. The van der Waals surface area contributed by atoms with Crippen LogP contribution >= 0.6 is 31.9 Å². The van der Waals surface area contributed by atoms with E-state index in [0.29, 0.717) is 16.7 Å². The molecule has 1 N–H and O–H groups in total. The van der Waals surface area contributed by atoms with E-state index in [4.69, 9.17) is 0 Å². The van der Waals surface area contributed by atoms with Crippen LogP contribution in [-0.2, 0) is 32.6 Å². The fourth-order valence-corrected chi connectivity index (χ4v) is 5.67. The average Bonchev–Trinajstić information content (AvgIpc) is 2.87. The van der Waals surface area contributed by atoms with Crippen molar-refractivity contribution in [1.82, 2.24) is 10.2 Å². The average molecular weight is 665 g/mol. The van der Waals surface area contributed by atoms with Crippen LogP contribution in [0.3, 0.4) is 0 Å². The topological polar surface area (TPSA) is 86.8 Å². The van der Waals surface area contributed by atoms with Crippen LogP contribution in [0.15, 0.2) is 87.8 Å². The lowest BCUT2D eigenvalue weighted by atomic mass is 10.0. The molecular formula is C28H31Br2N3O4S. The molecule has 0 aliphatic carbocycles. The van der Waals surface area contributed by atoms with Crippen LogP contribution in [0.4, 0.5) is 5.69 Å². The Balaban J connectivity index is 2.04. The summed E-state index contributed by atoms with van der Waals surface area (Å²) in [5.74, 6) is -0.768. The van der Waals surface area contributed by atoms with Gasteiger partial charge < -0.3 is 10.2 Å². The van der Waals surface area contributed by atoms with E-state index in [9.17, 15) is 18.0 Å². The SMILES string of the molecule is CCCNC(=O)[C@H](Cc1ccccc1)N(Cc1cccc(Br)c1)C(=O)CN(c1cccc(Br)c1)S(C)(=O)=O. The van der Waals surface area contributed by atoms with Crippen molar-refractivity contribution < 1.29 is 18.0 Å². The van der Waals surface area contributed by atoms with E-state index in [2.05, 4.69) is 37.2 Å². The molecule has 0 aliphatic heterocycles. The molecular weight excluding hydrogens is 634 g/mol. The summed E-state index contributed by atoms with van der Waals surface area (Å²) in [4.78, 5) is 28.9. The Morgan fingerprint density at radius 3 is 2.13 bits per heavy atom. The van der Waals surface area contributed by atoms with E-state index in [1.165, 1.54) is 4.90 Å². The van der Waals surface area contributed by atoms with Crippen molar-refractivity contribution >= 4 is 59.4 Å². The normalized spacial score (nSPS) is 12.0. The van der Waals surface area contributed by atoms with Crippen LogP contribution in [0.25, 0.3) is 0 Å². The van der Waals surface area contributed by atoms with E-state index in [-0.39, 0.29) is 18.9 Å². The highest BCUT2D eigenvalue weighted by Crippen LogP contribution is 2.24. The fraction of sp³-hybridized carbons (Fsp3) is 0.286. The molecule has 38 heavy (non-hydrogen) atoms. The molecule has 0 aliphatic rings. The summed E-state index contributed by atoms with van der Waals surface area (Å²) in [6, 6.07) is 22.9. The van der Waals surface area contributed by atoms with Gasteiger partial charge in [-0.2, -0.15) is 0 Å². The predicted molar refractivity (Wildman–Crippen MR) is 158 cm³/mol. The van der Waals surface area contributed by atoms with Crippen LogP contribution in [0.1, 0.15) is 24.5 Å². The molecule has 7 nitrogen and oxygen atoms in total. The summed E-state index contributed by atoms with van der Waals surface area (Å²) in [6.07, 6.45) is 2.09. The number of sulfonamides is 1. The number of carbonyl (C=O) groups excluding carboxylic acids is 2. The second kappa shape index (κ2) is 13.9. The van der Waals surface area contributed by atoms with E-state index in [1.54, 1.807) is 24.3 Å². The van der Waals surface area contributed by atoms with Crippen LogP contribution in [-0.4, -0.2) is 50.5 Å². The highest BCUT2D eigenvalue weighted by molar-refractivity contribution is 9.10. The van der Waals surface area contributed by atoms with Crippen LogP contribution in [0.2, 0.25) is 0 Å². The van der Waals surface area contributed by atoms with Crippen LogP contribution in [0.5, 0.6) is 0 Å². The highest BCUT2D eigenvalue weighted by Gasteiger charge is 2.33. The summed E-state index contributed by atoms with van der Waals surface area (Å²) >= 11 is 6.84. The third-order valence-corrected chi connectivity index (χ3v) is 7.96. The van der Waals surface area contributed by atoms with E-state index in [1.807, 2.05) is 61.5 Å². The van der Waals surface area contributed by atoms with Gasteiger partial charge in [0.1, 0.15) is 12.6 Å². The second-order valence-electron chi connectivity index (χ2n) is 8.90. The summed E-state index contributed by atoms with van der Waals surface area (Å²) in [5, 5.41) is 2.93. The molecule has 0 radical (unpaired) electrons. The van der Waals surface area contributed by atoms with E-state index >= 15 is 0 Å². The number of hydrogen-bond acceptors (Lipinski definition) is 4. The van der Waals surface area contributed by atoms with Crippen molar-refractivity contribution in [2.75, 3.05) is 23.7 Å². The molecule has 0 fully saturated rings. The van der Waals surface area contributed by atoms with Crippen LogP contribution < -0.4 is 9.62 Å². The molecule has 2 amide bonds. The highest BCUT2D eigenvalue weighted by atomic mass is 79.9. The van der Waals surface area contributed by atoms with Crippen molar-refractivity contribution in [3.05, 3.63) is 98.9 Å². The van der Waals surface area contributed by atoms with Gasteiger partial charge in [-0.3, -0.25) is 13.9 Å². The Kier molecular flexibility index (Phi) is 10.9. The minimum Gasteiger partial charge on any atom is -0.354 e. The van der Waals surface area contributed by atoms with Gasteiger partial charge in [-0.25, -0.2) is 8.42 Å². The molecule has 202 valence electrons. The van der Waals surface area contributed by atoms with Gasteiger partial charge in [-0.15, -0.1) is 0 Å². The first-order valence-corrected chi connectivity index (χ1v) is 15.6. The predicted octanol–water partition coefficient (Wildman–Crippen LogP) is 5.14. The summed E-state index contributed by atoms with van der Waals surface area (Å²) in [7, 11) is -3.80. The third-order valence-electron chi connectivity index (χ3n) is 5.84. The van der Waals surface area contributed by atoms with Gasteiger partial charge in [-0.1, -0.05) is 87.3 Å². The van der Waals surface area contributed by atoms with Gasteiger partial charge in [0.25, 0.3) is 0 Å². The van der Waals surface area contributed by atoms with Gasteiger partial charge in [0.05, 0.1) is 11.9 Å². The summed E-state index contributed by atoms with van der Waals surface area (Å²) in [5.41, 5.74) is 2.05. The van der Waals surface area contributed by atoms with Gasteiger partial charge in [0.2, 0.25) is 21.8 Å². The summed E-state index contributed by atoms with van der Waals surface area (Å²) < 4.78 is 28.2. The van der Waals surface area contributed by atoms with Crippen molar-refractivity contribution in [3.63, 3.8) is 0 Å². The molecule has 3 aromatic rings. The minimum absolute atomic E-state index is 0.130. The summed E-state index contributed by atoms with van der Waals surface area (Å²) in [6.45, 7) is 2.11. The Bertz CT molecular complexity index is 1350. The standard InChI is InChI=1S/C28H31Br2N3O4S/c1-3-15-31-28(35)26(17-21-9-5-4-6-10-21)32(19-22-11-7-12-23(29)16-22)27(34)20-33(38(2,36)37)25-14-8-13-24(30)18-25/h4-14,16,18,26H,3,15,17,19-20H2,1-2H3,(H,31,35)/t26-/m0/s1. The number of nitrogens with one attached hydrogen (secondary N) is 1. The number of hydrogen-bond donors (Lipinski definition) is 1. The Morgan fingerprint density at radius 2 is 1.53 bits per heavy atom. The van der Waals surface area contributed by atoms with Crippen molar-refractivity contribution in [1.29, 1.82) is 0 Å². The number of carbonyl (C=O) groups is 2. The maximum atomic E-state index is 14.0. The maximum Gasteiger partial charge on any atom is 0.244 e. The molecule has 1 atom stereocenters. The smallest absolute Gasteiger partial charge is 0.244 e. The van der Waals surface area contributed by atoms with Gasteiger partial charge >= 0.3 is 0 Å². The van der Waals surface area contributed by atoms with Crippen LogP contribution in [0, 0.1) is 0 Å². The molecule has 0 saturated carbocycles. The molecule has 3 aromatic carbocycles. The Morgan fingerprint density at radius 1 is 0.895 bits per heavy atom.